The zero-order valence-corrected chi connectivity index (χ0v) is 12.6. The average molecular weight is 341 g/mol. The molecule has 1 saturated carbocycles. The molecule has 16 heavy (non-hydrogen) atoms. The molecule has 5 heteroatoms. The maximum absolute atomic E-state index is 9.89. The molecule has 0 atom stereocenters. The molecule has 0 unspecified atom stereocenters. The van der Waals surface area contributed by atoms with Gasteiger partial charge in [0.2, 0.25) is 0 Å². The first-order valence-corrected chi connectivity index (χ1v) is 5.95. The average Bonchev–Trinajstić information content (AvgIpc) is 2.19. The molecule has 1 aliphatic rings. The lowest BCUT2D eigenvalue weighted by molar-refractivity contribution is -0.0236. The Morgan fingerprint density at radius 1 is 1.31 bits per heavy atom. The third kappa shape index (κ3) is 5.34. The SMILES string of the molecule is CCCNC(=NCC1(O)CCC1)NCC.I. The third-order valence-electron chi connectivity index (χ3n) is 2.70. The van der Waals surface area contributed by atoms with Crippen molar-refractivity contribution in [3.05, 3.63) is 0 Å². The number of hydrogen-bond donors (Lipinski definition) is 3. The topological polar surface area (TPSA) is 56.7 Å². The Hall–Kier alpha value is -0.0400. The van der Waals surface area contributed by atoms with Crippen LogP contribution in [-0.2, 0) is 0 Å². The fourth-order valence-electron chi connectivity index (χ4n) is 1.55. The highest BCUT2D eigenvalue weighted by atomic mass is 127. The van der Waals surface area contributed by atoms with E-state index in [2.05, 4.69) is 22.5 Å². The van der Waals surface area contributed by atoms with Crippen molar-refractivity contribution >= 4 is 29.9 Å². The first-order valence-electron chi connectivity index (χ1n) is 5.95. The van der Waals surface area contributed by atoms with E-state index in [4.69, 9.17) is 0 Å². The normalized spacial score (nSPS) is 18.3. The van der Waals surface area contributed by atoms with E-state index in [1.165, 1.54) is 0 Å². The summed E-state index contributed by atoms with van der Waals surface area (Å²) in [5, 5.41) is 16.3. The summed E-state index contributed by atoms with van der Waals surface area (Å²) in [4.78, 5) is 4.39. The highest BCUT2D eigenvalue weighted by Crippen LogP contribution is 2.31. The summed E-state index contributed by atoms with van der Waals surface area (Å²) in [6, 6.07) is 0. The highest BCUT2D eigenvalue weighted by molar-refractivity contribution is 14.0. The third-order valence-corrected chi connectivity index (χ3v) is 2.70. The molecule has 3 N–H and O–H groups in total. The van der Waals surface area contributed by atoms with Crippen LogP contribution in [0.25, 0.3) is 0 Å². The van der Waals surface area contributed by atoms with Crippen LogP contribution in [0.4, 0.5) is 0 Å². The van der Waals surface area contributed by atoms with Gasteiger partial charge in [-0.05, 0) is 32.6 Å². The summed E-state index contributed by atoms with van der Waals surface area (Å²) < 4.78 is 0. The van der Waals surface area contributed by atoms with E-state index in [9.17, 15) is 5.11 Å². The van der Waals surface area contributed by atoms with Crippen LogP contribution in [-0.4, -0.2) is 36.3 Å². The van der Waals surface area contributed by atoms with Crippen molar-refractivity contribution in [1.29, 1.82) is 0 Å². The lowest BCUT2D eigenvalue weighted by Gasteiger charge is -2.35. The van der Waals surface area contributed by atoms with Gasteiger partial charge in [0.15, 0.2) is 5.96 Å². The summed E-state index contributed by atoms with van der Waals surface area (Å²) >= 11 is 0. The van der Waals surface area contributed by atoms with Gasteiger partial charge in [0.25, 0.3) is 0 Å². The fraction of sp³-hybridized carbons (Fsp3) is 0.909. The zero-order chi connectivity index (χ0) is 11.1. The van der Waals surface area contributed by atoms with Crippen molar-refractivity contribution in [2.45, 2.75) is 45.1 Å². The minimum Gasteiger partial charge on any atom is -0.388 e. The molecule has 1 rings (SSSR count). The maximum atomic E-state index is 9.89. The van der Waals surface area contributed by atoms with E-state index in [-0.39, 0.29) is 24.0 Å². The number of nitrogens with one attached hydrogen (secondary N) is 2. The van der Waals surface area contributed by atoms with Crippen molar-refractivity contribution in [3.63, 3.8) is 0 Å². The lowest BCUT2D eigenvalue weighted by Crippen LogP contribution is -2.43. The van der Waals surface area contributed by atoms with Crippen molar-refractivity contribution in [2.75, 3.05) is 19.6 Å². The number of hydrogen-bond acceptors (Lipinski definition) is 2. The smallest absolute Gasteiger partial charge is 0.191 e. The quantitative estimate of drug-likeness (QED) is 0.403. The van der Waals surface area contributed by atoms with Crippen LogP contribution in [0.2, 0.25) is 0 Å². The molecule has 96 valence electrons. The second-order valence-electron chi connectivity index (χ2n) is 4.20. The van der Waals surface area contributed by atoms with Crippen molar-refractivity contribution in [2.24, 2.45) is 4.99 Å². The Labute approximate surface area is 115 Å². The molecule has 0 amide bonds. The van der Waals surface area contributed by atoms with Crippen molar-refractivity contribution in [1.82, 2.24) is 10.6 Å². The molecule has 4 nitrogen and oxygen atoms in total. The molecular formula is C11H24IN3O. The Balaban J connectivity index is 0.00000225. The second-order valence-corrected chi connectivity index (χ2v) is 4.20. The summed E-state index contributed by atoms with van der Waals surface area (Å²) in [5.74, 6) is 0.819. The van der Waals surface area contributed by atoms with Gasteiger partial charge in [-0.1, -0.05) is 6.92 Å². The van der Waals surface area contributed by atoms with Crippen molar-refractivity contribution in [3.8, 4) is 0 Å². The van der Waals surface area contributed by atoms with Gasteiger partial charge in [-0.25, -0.2) is 0 Å². The van der Waals surface area contributed by atoms with E-state index >= 15 is 0 Å². The van der Waals surface area contributed by atoms with E-state index in [0.29, 0.717) is 6.54 Å². The molecule has 0 saturated heterocycles. The summed E-state index contributed by atoms with van der Waals surface area (Å²) in [6.07, 6.45) is 3.99. The molecule has 0 aromatic heterocycles. The van der Waals surface area contributed by atoms with Gasteiger partial charge in [-0.2, -0.15) is 0 Å². The summed E-state index contributed by atoms with van der Waals surface area (Å²) in [7, 11) is 0. The number of rotatable bonds is 5. The van der Waals surface area contributed by atoms with Crippen molar-refractivity contribution < 1.29 is 5.11 Å². The molecule has 0 radical (unpaired) electrons. The van der Waals surface area contributed by atoms with Gasteiger partial charge in [0.1, 0.15) is 0 Å². The molecule has 0 aromatic rings. The monoisotopic (exact) mass is 341 g/mol. The van der Waals surface area contributed by atoms with Crippen LogP contribution in [0.5, 0.6) is 0 Å². The minimum atomic E-state index is -0.519. The predicted molar refractivity (Wildman–Crippen MR) is 78.5 cm³/mol. The number of aliphatic hydroxyl groups is 1. The van der Waals surface area contributed by atoms with Crippen LogP contribution in [0.15, 0.2) is 4.99 Å². The molecule has 0 aliphatic heterocycles. The first-order chi connectivity index (χ1) is 7.20. The number of guanidine groups is 1. The minimum absolute atomic E-state index is 0. The second kappa shape index (κ2) is 8.11. The van der Waals surface area contributed by atoms with Crippen LogP contribution < -0.4 is 10.6 Å². The molecule has 0 aromatic carbocycles. The molecular weight excluding hydrogens is 317 g/mol. The Bertz CT molecular complexity index is 217. The van der Waals surface area contributed by atoms with E-state index in [1.807, 2.05) is 6.92 Å². The summed E-state index contributed by atoms with van der Waals surface area (Å²) in [5.41, 5.74) is -0.519. The summed E-state index contributed by atoms with van der Waals surface area (Å²) in [6.45, 7) is 6.46. The van der Waals surface area contributed by atoms with E-state index in [1.54, 1.807) is 0 Å². The molecule has 0 bridgehead atoms. The van der Waals surface area contributed by atoms with Gasteiger partial charge in [0.05, 0.1) is 12.1 Å². The number of nitrogens with zero attached hydrogens (tertiary/aromatic N) is 1. The van der Waals surface area contributed by atoms with Crippen LogP contribution in [0.1, 0.15) is 39.5 Å². The van der Waals surface area contributed by atoms with Crippen LogP contribution in [0, 0.1) is 0 Å². The molecule has 1 fully saturated rings. The molecule has 0 heterocycles. The fourth-order valence-corrected chi connectivity index (χ4v) is 1.55. The first kappa shape index (κ1) is 16.0. The van der Waals surface area contributed by atoms with Gasteiger partial charge in [0, 0.05) is 13.1 Å². The zero-order valence-electron chi connectivity index (χ0n) is 10.3. The van der Waals surface area contributed by atoms with E-state index < -0.39 is 5.60 Å². The Morgan fingerprint density at radius 3 is 2.44 bits per heavy atom. The lowest BCUT2D eigenvalue weighted by atomic mass is 9.80. The Morgan fingerprint density at radius 2 is 2.00 bits per heavy atom. The highest BCUT2D eigenvalue weighted by Gasteiger charge is 2.33. The van der Waals surface area contributed by atoms with Crippen LogP contribution in [0.3, 0.4) is 0 Å². The largest absolute Gasteiger partial charge is 0.388 e. The number of aliphatic imine (C=N–C) groups is 1. The van der Waals surface area contributed by atoms with Gasteiger partial charge < -0.3 is 15.7 Å². The van der Waals surface area contributed by atoms with Gasteiger partial charge in [-0.15, -0.1) is 24.0 Å². The van der Waals surface area contributed by atoms with E-state index in [0.717, 1.165) is 44.7 Å². The number of halogens is 1. The maximum Gasteiger partial charge on any atom is 0.191 e. The van der Waals surface area contributed by atoms with Gasteiger partial charge >= 0.3 is 0 Å². The van der Waals surface area contributed by atoms with Crippen LogP contribution >= 0.6 is 24.0 Å². The van der Waals surface area contributed by atoms with Gasteiger partial charge in [-0.3, -0.25) is 4.99 Å². The predicted octanol–water partition coefficient (Wildman–Crippen LogP) is 1.48. The molecule has 0 spiro atoms. The Kier molecular flexibility index (Phi) is 8.09. The molecule has 1 aliphatic carbocycles. The standard InChI is InChI=1S/C11H23N3O.HI/c1-3-8-13-10(12-4-2)14-9-11(15)6-5-7-11;/h15H,3-9H2,1-2H3,(H2,12,13,14);1H.